The van der Waals surface area contributed by atoms with Crippen LogP contribution in [0.2, 0.25) is 0 Å². The number of aromatic nitrogens is 2. The first-order valence-electron chi connectivity index (χ1n) is 6.12. The van der Waals surface area contributed by atoms with Gasteiger partial charge in [-0.2, -0.15) is 0 Å². The van der Waals surface area contributed by atoms with Crippen LogP contribution in [0.25, 0.3) is 11.3 Å². The molecule has 0 bridgehead atoms. The van der Waals surface area contributed by atoms with Gasteiger partial charge in [-0.05, 0) is 25.5 Å². The number of aryl methyl sites for hydroxylation is 1. The standard InChI is InChI=1S/C14H15F2N3/c1-3-5-11-18-13(8(2)14(17)19-11)9-6-4-7-10(15)12(9)16/h4,6-7H,3,5H2,1-2H3,(H2,17,18,19). The zero-order valence-electron chi connectivity index (χ0n) is 10.9. The second-order valence-electron chi connectivity index (χ2n) is 4.35. The van der Waals surface area contributed by atoms with Crippen molar-refractivity contribution in [1.29, 1.82) is 0 Å². The Kier molecular flexibility index (Phi) is 3.74. The quantitative estimate of drug-likeness (QED) is 0.924. The molecule has 1 aromatic carbocycles. The fraction of sp³-hybridized carbons (Fsp3) is 0.286. The summed E-state index contributed by atoms with van der Waals surface area (Å²) >= 11 is 0. The van der Waals surface area contributed by atoms with Crippen molar-refractivity contribution in [2.24, 2.45) is 0 Å². The van der Waals surface area contributed by atoms with E-state index in [1.54, 1.807) is 6.92 Å². The topological polar surface area (TPSA) is 51.8 Å². The molecule has 0 amide bonds. The van der Waals surface area contributed by atoms with Crippen LogP contribution in [0, 0.1) is 18.6 Å². The molecule has 1 aromatic heterocycles. The van der Waals surface area contributed by atoms with Crippen LogP contribution in [0.1, 0.15) is 24.7 Å². The predicted molar refractivity (Wildman–Crippen MR) is 70.5 cm³/mol. The number of hydrogen-bond donors (Lipinski definition) is 1. The van der Waals surface area contributed by atoms with E-state index in [0.717, 1.165) is 12.5 Å². The largest absolute Gasteiger partial charge is 0.383 e. The molecule has 0 saturated heterocycles. The van der Waals surface area contributed by atoms with Gasteiger partial charge in [-0.15, -0.1) is 0 Å². The van der Waals surface area contributed by atoms with Crippen molar-refractivity contribution in [3.05, 3.63) is 41.2 Å². The number of anilines is 1. The Labute approximate surface area is 110 Å². The molecule has 3 nitrogen and oxygen atoms in total. The Hall–Kier alpha value is -2.04. The molecule has 5 heteroatoms. The van der Waals surface area contributed by atoms with Crippen molar-refractivity contribution in [2.75, 3.05) is 5.73 Å². The lowest BCUT2D eigenvalue weighted by molar-refractivity contribution is 0.511. The van der Waals surface area contributed by atoms with E-state index >= 15 is 0 Å². The second-order valence-corrected chi connectivity index (χ2v) is 4.35. The normalized spacial score (nSPS) is 10.7. The summed E-state index contributed by atoms with van der Waals surface area (Å²) in [5.74, 6) is -0.960. The van der Waals surface area contributed by atoms with Gasteiger partial charge >= 0.3 is 0 Å². The fourth-order valence-electron chi connectivity index (χ4n) is 1.87. The maximum Gasteiger partial charge on any atom is 0.168 e. The van der Waals surface area contributed by atoms with Gasteiger partial charge in [0.1, 0.15) is 11.6 Å². The highest BCUT2D eigenvalue weighted by atomic mass is 19.2. The first-order chi connectivity index (χ1) is 9.04. The monoisotopic (exact) mass is 263 g/mol. The summed E-state index contributed by atoms with van der Waals surface area (Å²) in [6.45, 7) is 3.69. The minimum Gasteiger partial charge on any atom is -0.383 e. The number of nitrogens with two attached hydrogens (primary N) is 1. The van der Waals surface area contributed by atoms with Crippen molar-refractivity contribution in [2.45, 2.75) is 26.7 Å². The first-order valence-corrected chi connectivity index (χ1v) is 6.12. The van der Waals surface area contributed by atoms with E-state index in [2.05, 4.69) is 9.97 Å². The van der Waals surface area contributed by atoms with Crippen molar-refractivity contribution < 1.29 is 8.78 Å². The van der Waals surface area contributed by atoms with E-state index < -0.39 is 11.6 Å². The van der Waals surface area contributed by atoms with Crippen molar-refractivity contribution in [3.63, 3.8) is 0 Å². The number of nitrogens with zero attached hydrogens (tertiary/aromatic N) is 2. The number of benzene rings is 1. The SMILES string of the molecule is CCCc1nc(N)c(C)c(-c2cccc(F)c2F)n1. The molecule has 19 heavy (non-hydrogen) atoms. The van der Waals surface area contributed by atoms with Gasteiger partial charge in [0.05, 0.1) is 5.69 Å². The number of halogens is 2. The molecule has 0 atom stereocenters. The average molecular weight is 263 g/mol. The maximum atomic E-state index is 13.8. The predicted octanol–water partition coefficient (Wildman–Crippen LogP) is 3.26. The van der Waals surface area contributed by atoms with Gasteiger partial charge < -0.3 is 5.73 Å². The van der Waals surface area contributed by atoms with Gasteiger partial charge in [0, 0.05) is 17.5 Å². The highest BCUT2D eigenvalue weighted by Crippen LogP contribution is 2.28. The van der Waals surface area contributed by atoms with Gasteiger partial charge in [0.25, 0.3) is 0 Å². The molecule has 0 aliphatic heterocycles. The van der Waals surface area contributed by atoms with Gasteiger partial charge in [-0.1, -0.05) is 13.0 Å². The molecule has 2 rings (SSSR count). The Morgan fingerprint density at radius 2 is 1.95 bits per heavy atom. The molecule has 100 valence electrons. The van der Waals surface area contributed by atoms with Crippen LogP contribution in [0.4, 0.5) is 14.6 Å². The lowest BCUT2D eigenvalue weighted by atomic mass is 10.1. The average Bonchev–Trinajstić information content (AvgIpc) is 2.37. The highest BCUT2D eigenvalue weighted by Gasteiger charge is 2.16. The van der Waals surface area contributed by atoms with Crippen LogP contribution in [-0.4, -0.2) is 9.97 Å². The minimum atomic E-state index is -0.911. The third kappa shape index (κ3) is 2.54. The zero-order chi connectivity index (χ0) is 14.0. The number of rotatable bonds is 3. The van der Waals surface area contributed by atoms with E-state index in [1.807, 2.05) is 6.92 Å². The Morgan fingerprint density at radius 3 is 2.63 bits per heavy atom. The molecule has 1 heterocycles. The van der Waals surface area contributed by atoms with Gasteiger partial charge in [0.2, 0.25) is 0 Å². The smallest absolute Gasteiger partial charge is 0.168 e. The third-order valence-electron chi connectivity index (χ3n) is 2.91. The lowest BCUT2D eigenvalue weighted by Crippen LogP contribution is -2.06. The molecule has 0 aliphatic rings. The molecule has 0 aliphatic carbocycles. The summed E-state index contributed by atoms with van der Waals surface area (Å²) in [4.78, 5) is 8.45. The Morgan fingerprint density at radius 1 is 1.21 bits per heavy atom. The lowest BCUT2D eigenvalue weighted by Gasteiger charge is -2.10. The van der Waals surface area contributed by atoms with Crippen molar-refractivity contribution >= 4 is 5.82 Å². The summed E-state index contributed by atoms with van der Waals surface area (Å²) in [5.41, 5.74) is 6.84. The summed E-state index contributed by atoms with van der Waals surface area (Å²) in [6.07, 6.45) is 1.50. The molecule has 0 unspecified atom stereocenters. The first kappa shape index (κ1) is 13.4. The van der Waals surface area contributed by atoms with Gasteiger partial charge in [0.15, 0.2) is 11.6 Å². The third-order valence-corrected chi connectivity index (χ3v) is 2.91. The second kappa shape index (κ2) is 5.30. The van der Waals surface area contributed by atoms with Gasteiger partial charge in [-0.3, -0.25) is 0 Å². The van der Waals surface area contributed by atoms with Crippen LogP contribution in [0.3, 0.4) is 0 Å². The molecule has 0 fully saturated rings. The molecular weight excluding hydrogens is 248 g/mol. The molecule has 2 N–H and O–H groups in total. The fourth-order valence-corrected chi connectivity index (χ4v) is 1.87. The highest BCUT2D eigenvalue weighted by molar-refractivity contribution is 5.67. The summed E-state index contributed by atoms with van der Waals surface area (Å²) in [6, 6.07) is 4.01. The van der Waals surface area contributed by atoms with E-state index in [9.17, 15) is 8.78 Å². The van der Waals surface area contributed by atoms with Gasteiger partial charge in [-0.25, -0.2) is 18.7 Å². The summed E-state index contributed by atoms with van der Waals surface area (Å²) in [5, 5.41) is 0. The van der Waals surface area contributed by atoms with Crippen molar-refractivity contribution in [1.82, 2.24) is 9.97 Å². The molecule has 2 aromatic rings. The molecule has 0 saturated carbocycles. The Balaban J connectivity index is 2.64. The van der Waals surface area contributed by atoms with Crippen LogP contribution < -0.4 is 5.73 Å². The van der Waals surface area contributed by atoms with E-state index in [4.69, 9.17) is 5.73 Å². The van der Waals surface area contributed by atoms with E-state index in [-0.39, 0.29) is 5.56 Å². The van der Waals surface area contributed by atoms with Crippen molar-refractivity contribution in [3.8, 4) is 11.3 Å². The minimum absolute atomic E-state index is 0.115. The summed E-state index contributed by atoms with van der Waals surface area (Å²) < 4.78 is 27.1. The molecular formula is C14H15F2N3. The zero-order valence-corrected chi connectivity index (χ0v) is 10.9. The van der Waals surface area contributed by atoms with Crippen LogP contribution in [-0.2, 0) is 6.42 Å². The van der Waals surface area contributed by atoms with Crippen LogP contribution in [0.5, 0.6) is 0 Å². The van der Waals surface area contributed by atoms with E-state index in [1.165, 1.54) is 12.1 Å². The van der Waals surface area contributed by atoms with E-state index in [0.29, 0.717) is 29.3 Å². The van der Waals surface area contributed by atoms with Crippen LogP contribution >= 0.6 is 0 Å². The molecule has 0 radical (unpaired) electrons. The number of nitrogen functional groups attached to an aromatic ring is 1. The number of hydrogen-bond acceptors (Lipinski definition) is 3. The Bertz CT molecular complexity index is 612. The maximum absolute atomic E-state index is 13.8. The van der Waals surface area contributed by atoms with Crippen LogP contribution in [0.15, 0.2) is 18.2 Å². The summed E-state index contributed by atoms with van der Waals surface area (Å²) in [7, 11) is 0. The molecule has 0 spiro atoms.